The Morgan fingerprint density at radius 2 is 2.11 bits per heavy atom. The van der Waals surface area contributed by atoms with Gasteiger partial charge in [-0.15, -0.1) is 0 Å². The van der Waals surface area contributed by atoms with Crippen LogP contribution >= 0.6 is 0 Å². The van der Waals surface area contributed by atoms with Crippen molar-refractivity contribution in [2.24, 2.45) is 5.73 Å². The predicted molar refractivity (Wildman–Crippen MR) is 68.0 cm³/mol. The number of nitrogens with two attached hydrogens (primary N) is 1. The monoisotopic (exact) mass is 245 g/mol. The van der Waals surface area contributed by atoms with E-state index in [0.29, 0.717) is 6.42 Å². The van der Waals surface area contributed by atoms with Gasteiger partial charge in [0.25, 0.3) is 0 Å². The van der Waals surface area contributed by atoms with Crippen LogP contribution < -0.4 is 5.73 Å². The number of aromatic amines is 1. The van der Waals surface area contributed by atoms with Crippen LogP contribution in [0.5, 0.6) is 0 Å². The van der Waals surface area contributed by atoms with E-state index in [1.807, 2.05) is 24.3 Å². The molecule has 4 N–H and O–H groups in total. The second kappa shape index (κ2) is 4.62. The van der Waals surface area contributed by atoms with Crippen molar-refractivity contribution < 1.29 is 9.90 Å². The van der Waals surface area contributed by atoms with E-state index < -0.39 is 11.5 Å². The highest BCUT2D eigenvalue weighted by Crippen LogP contribution is 2.17. The number of hydrogen-bond acceptors (Lipinski definition) is 3. The summed E-state index contributed by atoms with van der Waals surface area (Å²) < 4.78 is 0. The van der Waals surface area contributed by atoms with Gasteiger partial charge in [-0.3, -0.25) is 4.79 Å². The lowest BCUT2D eigenvalue weighted by Gasteiger charge is -2.19. The highest BCUT2D eigenvalue weighted by molar-refractivity contribution is 5.78. The molecule has 94 valence electrons. The third-order valence-corrected chi connectivity index (χ3v) is 2.79. The molecule has 0 aliphatic carbocycles. The molecule has 1 aromatic heterocycles. The lowest BCUT2D eigenvalue weighted by molar-refractivity contribution is -0.142. The maximum absolute atomic E-state index is 10.9. The molecular weight excluding hydrogens is 230 g/mol. The Labute approximate surface area is 105 Å². The maximum Gasteiger partial charge on any atom is 0.323 e. The Morgan fingerprint density at radius 1 is 1.44 bits per heavy atom. The Morgan fingerprint density at radius 3 is 2.61 bits per heavy atom. The molecule has 0 aliphatic heterocycles. The zero-order chi connectivity index (χ0) is 13.2. The van der Waals surface area contributed by atoms with Crippen LogP contribution in [0.1, 0.15) is 12.5 Å². The Balaban J connectivity index is 2.16. The zero-order valence-electron chi connectivity index (χ0n) is 10.1. The van der Waals surface area contributed by atoms with E-state index >= 15 is 0 Å². The quantitative estimate of drug-likeness (QED) is 0.759. The maximum atomic E-state index is 10.9. The van der Waals surface area contributed by atoms with Crippen LogP contribution in [-0.4, -0.2) is 26.6 Å². The Bertz CT molecular complexity index is 530. The molecule has 0 bridgehead atoms. The Kier molecular flexibility index (Phi) is 3.16. The second-order valence-electron chi connectivity index (χ2n) is 4.53. The number of rotatable bonds is 4. The van der Waals surface area contributed by atoms with Crippen LogP contribution in [0.25, 0.3) is 11.4 Å². The highest BCUT2D eigenvalue weighted by Gasteiger charge is 2.27. The fourth-order valence-electron chi connectivity index (χ4n) is 1.70. The normalized spacial score (nSPS) is 14.1. The highest BCUT2D eigenvalue weighted by atomic mass is 16.4. The van der Waals surface area contributed by atoms with E-state index in [4.69, 9.17) is 10.8 Å². The molecular formula is C13H15N3O2. The molecule has 0 unspecified atom stereocenters. The van der Waals surface area contributed by atoms with Gasteiger partial charge in [-0.05, 0) is 12.5 Å². The first-order valence-corrected chi connectivity index (χ1v) is 5.60. The third-order valence-electron chi connectivity index (χ3n) is 2.79. The molecule has 0 saturated carbocycles. The number of benzene rings is 1. The average Bonchev–Trinajstić information content (AvgIpc) is 2.83. The summed E-state index contributed by atoms with van der Waals surface area (Å²) in [6, 6.07) is 7.52. The van der Waals surface area contributed by atoms with Gasteiger partial charge in [0.1, 0.15) is 11.4 Å². The van der Waals surface area contributed by atoms with E-state index in [1.54, 1.807) is 12.4 Å². The van der Waals surface area contributed by atoms with Crippen molar-refractivity contribution in [2.75, 3.05) is 0 Å². The summed E-state index contributed by atoms with van der Waals surface area (Å²) in [6.07, 6.45) is 3.73. The van der Waals surface area contributed by atoms with Crippen LogP contribution in [0.2, 0.25) is 0 Å². The van der Waals surface area contributed by atoms with Crippen LogP contribution in [0.15, 0.2) is 36.7 Å². The van der Waals surface area contributed by atoms with Crippen molar-refractivity contribution in [1.82, 2.24) is 9.97 Å². The molecule has 0 radical (unpaired) electrons. The van der Waals surface area contributed by atoms with Crippen molar-refractivity contribution in [3.63, 3.8) is 0 Å². The number of carboxylic acid groups (broad SMARTS) is 1. The summed E-state index contributed by atoms with van der Waals surface area (Å²) in [6.45, 7) is 1.51. The van der Waals surface area contributed by atoms with Gasteiger partial charge in [0.15, 0.2) is 0 Å². The van der Waals surface area contributed by atoms with Gasteiger partial charge < -0.3 is 15.8 Å². The largest absolute Gasteiger partial charge is 0.480 e. The minimum Gasteiger partial charge on any atom is -0.480 e. The molecule has 2 aromatic rings. The molecule has 1 heterocycles. The van der Waals surface area contributed by atoms with E-state index in [-0.39, 0.29) is 0 Å². The van der Waals surface area contributed by atoms with E-state index in [9.17, 15) is 4.79 Å². The second-order valence-corrected chi connectivity index (χ2v) is 4.53. The topological polar surface area (TPSA) is 92.0 Å². The number of carbonyl (C=O) groups is 1. The van der Waals surface area contributed by atoms with Crippen molar-refractivity contribution >= 4 is 5.97 Å². The van der Waals surface area contributed by atoms with Gasteiger partial charge in [-0.25, -0.2) is 4.98 Å². The van der Waals surface area contributed by atoms with E-state index in [2.05, 4.69) is 9.97 Å². The predicted octanol–water partition coefficient (Wildman–Crippen LogP) is 1.42. The van der Waals surface area contributed by atoms with Crippen LogP contribution in [0, 0.1) is 0 Å². The lowest BCUT2D eigenvalue weighted by Crippen LogP contribution is -2.46. The molecule has 0 saturated heterocycles. The average molecular weight is 245 g/mol. The molecule has 0 spiro atoms. The number of aliphatic carboxylic acids is 1. The summed E-state index contributed by atoms with van der Waals surface area (Å²) >= 11 is 0. The molecule has 0 fully saturated rings. The van der Waals surface area contributed by atoms with Gasteiger partial charge in [0.05, 0.1) is 0 Å². The SMILES string of the molecule is C[C@@](N)(Cc1ccc(-c2ncc[nH]2)cc1)C(=O)O. The molecule has 5 heteroatoms. The first-order valence-electron chi connectivity index (χ1n) is 5.60. The minimum absolute atomic E-state index is 0.292. The van der Waals surface area contributed by atoms with Gasteiger partial charge >= 0.3 is 5.97 Å². The number of aromatic nitrogens is 2. The van der Waals surface area contributed by atoms with Gasteiger partial charge in [-0.1, -0.05) is 24.3 Å². The number of hydrogen-bond donors (Lipinski definition) is 3. The van der Waals surface area contributed by atoms with Crippen LogP contribution in [-0.2, 0) is 11.2 Å². The molecule has 1 aromatic carbocycles. The fourth-order valence-corrected chi connectivity index (χ4v) is 1.70. The van der Waals surface area contributed by atoms with Crippen LogP contribution in [0.3, 0.4) is 0 Å². The first-order chi connectivity index (χ1) is 8.49. The number of nitrogens with one attached hydrogen (secondary N) is 1. The number of carboxylic acids is 1. The minimum atomic E-state index is -1.24. The van der Waals surface area contributed by atoms with Gasteiger partial charge in [0, 0.05) is 24.4 Å². The molecule has 1 atom stereocenters. The fraction of sp³-hybridized carbons (Fsp3) is 0.231. The number of imidazole rings is 1. The van der Waals surface area contributed by atoms with Crippen LogP contribution in [0.4, 0.5) is 0 Å². The van der Waals surface area contributed by atoms with Crippen molar-refractivity contribution in [3.8, 4) is 11.4 Å². The van der Waals surface area contributed by atoms with Crippen molar-refractivity contribution in [2.45, 2.75) is 18.9 Å². The molecule has 2 rings (SSSR count). The first kappa shape index (κ1) is 12.3. The van der Waals surface area contributed by atoms with E-state index in [1.165, 1.54) is 6.92 Å². The van der Waals surface area contributed by atoms with Crippen molar-refractivity contribution in [1.29, 1.82) is 0 Å². The number of H-pyrrole nitrogens is 1. The summed E-state index contributed by atoms with van der Waals surface area (Å²) in [5, 5.41) is 8.97. The summed E-state index contributed by atoms with van der Waals surface area (Å²) in [5.74, 6) is -0.215. The molecule has 18 heavy (non-hydrogen) atoms. The lowest BCUT2D eigenvalue weighted by atomic mass is 9.93. The third kappa shape index (κ3) is 2.57. The van der Waals surface area contributed by atoms with Gasteiger partial charge in [0.2, 0.25) is 0 Å². The van der Waals surface area contributed by atoms with Crippen molar-refractivity contribution in [3.05, 3.63) is 42.2 Å². The molecule has 0 amide bonds. The van der Waals surface area contributed by atoms with Gasteiger partial charge in [-0.2, -0.15) is 0 Å². The summed E-state index contributed by atoms with van der Waals surface area (Å²) in [7, 11) is 0. The molecule has 0 aliphatic rings. The molecule has 5 nitrogen and oxygen atoms in total. The summed E-state index contributed by atoms with van der Waals surface area (Å²) in [5.41, 5.74) is 6.31. The summed E-state index contributed by atoms with van der Waals surface area (Å²) in [4.78, 5) is 18.1. The smallest absolute Gasteiger partial charge is 0.323 e. The van der Waals surface area contributed by atoms with E-state index in [0.717, 1.165) is 17.0 Å². The number of nitrogens with zero attached hydrogens (tertiary/aromatic N) is 1. The Hall–Kier alpha value is -2.14. The zero-order valence-corrected chi connectivity index (χ0v) is 10.1. The standard InChI is InChI=1S/C13H15N3O2/c1-13(14,12(17)18)8-9-2-4-10(5-3-9)11-15-6-7-16-11/h2-7H,8,14H2,1H3,(H,15,16)(H,17,18)/t13-/m1/s1.